The minimum Gasteiger partial charge on any atom is -0.396 e. The van der Waals surface area contributed by atoms with E-state index in [1.165, 1.54) is 0 Å². The van der Waals surface area contributed by atoms with Crippen molar-refractivity contribution in [3.63, 3.8) is 0 Å². The molecular weight excluding hydrogens is 232 g/mol. The summed E-state index contributed by atoms with van der Waals surface area (Å²) in [5.41, 5.74) is 1.14. The molecular formula is C10H13BrO2. The zero-order valence-corrected chi connectivity index (χ0v) is 8.87. The summed E-state index contributed by atoms with van der Waals surface area (Å²) in [4.78, 5) is 0. The van der Waals surface area contributed by atoms with Gasteiger partial charge in [0.2, 0.25) is 0 Å². The topological polar surface area (TPSA) is 40.5 Å². The molecule has 13 heavy (non-hydrogen) atoms. The van der Waals surface area contributed by atoms with Crippen LogP contribution in [-0.4, -0.2) is 23.4 Å². The van der Waals surface area contributed by atoms with Crippen molar-refractivity contribution in [1.82, 2.24) is 0 Å². The van der Waals surface area contributed by atoms with Crippen molar-refractivity contribution in [3.05, 3.63) is 34.3 Å². The van der Waals surface area contributed by atoms with Gasteiger partial charge in [-0.05, 0) is 24.1 Å². The molecule has 0 aliphatic rings. The summed E-state index contributed by atoms with van der Waals surface area (Å²) in [6, 6.07) is 7.90. The second kappa shape index (κ2) is 5.37. The fraction of sp³-hybridized carbons (Fsp3) is 0.400. The van der Waals surface area contributed by atoms with E-state index in [1.807, 2.05) is 24.3 Å². The molecule has 0 heterocycles. The molecule has 1 aromatic rings. The maximum Gasteiger partial charge on any atom is 0.0484 e. The fourth-order valence-corrected chi connectivity index (χ4v) is 1.40. The van der Waals surface area contributed by atoms with E-state index in [0.29, 0.717) is 0 Å². The Hall–Kier alpha value is -0.380. The summed E-state index contributed by atoms with van der Waals surface area (Å²) in [6.07, 6.45) is 0.722. The number of hydrogen-bond donors (Lipinski definition) is 2. The minimum atomic E-state index is -0.0406. The Kier molecular flexibility index (Phi) is 4.42. The van der Waals surface area contributed by atoms with Crippen LogP contribution in [0.5, 0.6) is 0 Å². The molecule has 0 bridgehead atoms. The predicted molar refractivity (Wildman–Crippen MR) is 55.5 cm³/mol. The van der Waals surface area contributed by atoms with E-state index in [0.717, 1.165) is 16.5 Å². The molecule has 0 amide bonds. The summed E-state index contributed by atoms with van der Waals surface area (Å²) in [6.45, 7) is 0.0686. The van der Waals surface area contributed by atoms with Crippen LogP contribution in [0.15, 0.2) is 28.7 Å². The maximum absolute atomic E-state index is 8.87. The molecule has 1 rings (SSSR count). The first-order valence-electron chi connectivity index (χ1n) is 4.22. The average Bonchev–Trinajstić information content (AvgIpc) is 2.17. The van der Waals surface area contributed by atoms with Crippen LogP contribution in [0, 0.1) is 5.92 Å². The zero-order chi connectivity index (χ0) is 9.68. The third-order valence-corrected chi connectivity index (χ3v) is 2.48. The van der Waals surface area contributed by atoms with Gasteiger partial charge in [0.15, 0.2) is 0 Å². The highest BCUT2D eigenvalue weighted by Gasteiger charge is 2.06. The second-order valence-corrected chi connectivity index (χ2v) is 3.98. The molecule has 0 saturated carbocycles. The van der Waals surface area contributed by atoms with Crippen molar-refractivity contribution < 1.29 is 10.2 Å². The number of aliphatic hydroxyl groups is 2. The normalized spacial score (nSPS) is 10.8. The van der Waals surface area contributed by atoms with Gasteiger partial charge in [-0.15, -0.1) is 0 Å². The minimum absolute atomic E-state index is 0.0343. The molecule has 0 aromatic heterocycles. The van der Waals surface area contributed by atoms with Crippen molar-refractivity contribution in [2.75, 3.05) is 13.2 Å². The SMILES string of the molecule is OCC(CO)Cc1ccc(Br)cc1. The number of rotatable bonds is 4. The molecule has 0 aliphatic heterocycles. The van der Waals surface area contributed by atoms with Gasteiger partial charge in [-0.2, -0.15) is 0 Å². The van der Waals surface area contributed by atoms with Gasteiger partial charge in [-0.3, -0.25) is 0 Å². The Labute approximate surface area is 86.3 Å². The highest BCUT2D eigenvalue weighted by Crippen LogP contribution is 2.13. The Morgan fingerprint density at radius 1 is 1.08 bits per heavy atom. The van der Waals surface area contributed by atoms with Crippen LogP contribution in [0.4, 0.5) is 0 Å². The lowest BCUT2D eigenvalue weighted by atomic mass is 10.0. The van der Waals surface area contributed by atoms with E-state index >= 15 is 0 Å². The van der Waals surface area contributed by atoms with E-state index in [9.17, 15) is 0 Å². The third kappa shape index (κ3) is 3.46. The summed E-state index contributed by atoms with van der Waals surface area (Å²) in [7, 11) is 0. The van der Waals surface area contributed by atoms with Gasteiger partial charge >= 0.3 is 0 Å². The first kappa shape index (κ1) is 10.7. The number of benzene rings is 1. The molecule has 0 unspecified atom stereocenters. The lowest BCUT2D eigenvalue weighted by Gasteiger charge is -2.10. The maximum atomic E-state index is 8.87. The van der Waals surface area contributed by atoms with E-state index in [4.69, 9.17) is 10.2 Å². The smallest absolute Gasteiger partial charge is 0.0484 e. The second-order valence-electron chi connectivity index (χ2n) is 3.06. The monoisotopic (exact) mass is 244 g/mol. The molecule has 1 aromatic carbocycles. The van der Waals surface area contributed by atoms with Crippen molar-refractivity contribution in [1.29, 1.82) is 0 Å². The van der Waals surface area contributed by atoms with E-state index in [1.54, 1.807) is 0 Å². The summed E-state index contributed by atoms with van der Waals surface area (Å²) in [5, 5.41) is 17.7. The molecule has 2 N–H and O–H groups in total. The largest absolute Gasteiger partial charge is 0.396 e. The Bertz CT molecular complexity index is 242. The van der Waals surface area contributed by atoms with Crippen LogP contribution in [0.1, 0.15) is 5.56 Å². The molecule has 3 heteroatoms. The van der Waals surface area contributed by atoms with E-state index < -0.39 is 0 Å². The van der Waals surface area contributed by atoms with Gasteiger partial charge in [0, 0.05) is 23.6 Å². The Morgan fingerprint density at radius 2 is 1.62 bits per heavy atom. The third-order valence-electron chi connectivity index (χ3n) is 1.95. The molecule has 0 spiro atoms. The average molecular weight is 245 g/mol. The fourth-order valence-electron chi connectivity index (χ4n) is 1.14. The number of aliphatic hydroxyl groups excluding tert-OH is 2. The molecule has 0 saturated heterocycles. The van der Waals surface area contributed by atoms with Gasteiger partial charge in [-0.1, -0.05) is 28.1 Å². The molecule has 2 nitrogen and oxygen atoms in total. The molecule has 0 atom stereocenters. The number of halogens is 1. The van der Waals surface area contributed by atoms with Crippen molar-refractivity contribution in [2.45, 2.75) is 6.42 Å². The van der Waals surface area contributed by atoms with Crippen LogP contribution in [0.2, 0.25) is 0 Å². The van der Waals surface area contributed by atoms with Crippen LogP contribution in [-0.2, 0) is 6.42 Å². The van der Waals surface area contributed by atoms with Gasteiger partial charge in [0.25, 0.3) is 0 Å². The van der Waals surface area contributed by atoms with Gasteiger partial charge in [0.1, 0.15) is 0 Å². The van der Waals surface area contributed by atoms with Crippen molar-refractivity contribution in [3.8, 4) is 0 Å². The standard InChI is InChI=1S/C10H13BrO2/c11-10-3-1-8(2-4-10)5-9(6-12)7-13/h1-4,9,12-13H,5-7H2. The molecule has 0 fully saturated rings. The van der Waals surface area contributed by atoms with Gasteiger partial charge in [0.05, 0.1) is 0 Å². The summed E-state index contributed by atoms with van der Waals surface area (Å²) >= 11 is 3.35. The van der Waals surface area contributed by atoms with Crippen LogP contribution in [0.3, 0.4) is 0 Å². The van der Waals surface area contributed by atoms with Gasteiger partial charge < -0.3 is 10.2 Å². The van der Waals surface area contributed by atoms with E-state index in [-0.39, 0.29) is 19.1 Å². The molecule has 0 radical (unpaired) electrons. The van der Waals surface area contributed by atoms with Crippen LogP contribution < -0.4 is 0 Å². The molecule has 0 aliphatic carbocycles. The zero-order valence-electron chi connectivity index (χ0n) is 7.28. The lowest BCUT2D eigenvalue weighted by molar-refractivity contribution is 0.150. The van der Waals surface area contributed by atoms with Gasteiger partial charge in [-0.25, -0.2) is 0 Å². The quantitative estimate of drug-likeness (QED) is 0.845. The highest BCUT2D eigenvalue weighted by atomic mass is 79.9. The van der Waals surface area contributed by atoms with E-state index in [2.05, 4.69) is 15.9 Å². The Morgan fingerprint density at radius 3 is 2.08 bits per heavy atom. The Balaban J connectivity index is 2.58. The van der Waals surface area contributed by atoms with Crippen molar-refractivity contribution in [2.24, 2.45) is 5.92 Å². The molecule has 72 valence electrons. The summed E-state index contributed by atoms with van der Waals surface area (Å²) < 4.78 is 1.04. The highest BCUT2D eigenvalue weighted by molar-refractivity contribution is 9.10. The van der Waals surface area contributed by atoms with Crippen molar-refractivity contribution >= 4 is 15.9 Å². The predicted octanol–water partition coefficient (Wildman–Crippen LogP) is 1.59. The number of hydrogen-bond acceptors (Lipinski definition) is 2. The first-order chi connectivity index (χ1) is 6.26. The van der Waals surface area contributed by atoms with Crippen LogP contribution in [0.25, 0.3) is 0 Å². The lowest BCUT2D eigenvalue weighted by Crippen LogP contribution is -2.13. The summed E-state index contributed by atoms with van der Waals surface area (Å²) in [5.74, 6) is -0.0406. The van der Waals surface area contributed by atoms with Crippen LogP contribution >= 0.6 is 15.9 Å². The first-order valence-corrected chi connectivity index (χ1v) is 5.01.